The molecule has 2 heterocycles. The zero-order valence-corrected chi connectivity index (χ0v) is 15.0. The van der Waals surface area contributed by atoms with Gasteiger partial charge in [-0.2, -0.15) is 0 Å². The number of carbonyl (C=O) groups excluding carboxylic acids is 1. The first-order valence-electron chi connectivity index (χ1n) is 8.04. The maximum atomic E-state index is 12.3. The predicted molar refractivity (Wildman–Crippen MR) is 94.5 cm³/mol. The molecular weight excluding hydrogens is 324 g/mol. The Labute approximate surface area is 145 Å². The van der Waals surface area contributed by atoms with Gasteiger partial charge in [0.15, 0.2) is 0 Å². The molecule has 0 aliphatic carbocycles. The molecule has 1 atom stereocenters. The number of benzene rings is 1. The summed E-state index contributed by atoms with van der Waals surface area (Å²) in [5, 5.41) is 12.7. The molecule has 7 heteroatoms. The van der Waals surface area contributed by atoms with Gasteiger partial charge in [0.25, 0.3) is 0 Å². The molecule has 1 fully saturated rings. The third-order valence-electron chi connectivity index (χ3n) is 4.20. The van der Waals surface area contributed by atoms with E-state index in [0.717, 1.165) is 5.01 Å². The van der Waals surface area contributed by atoms with Crippen molar-refractivity contribution in [3.8, 4) is 0 Å². The molecule has 24 heavy (non-hydrogen) atoms. The predicted octanol–water partition coefficient (Wildman–Crippen LogP) is 3.12. The van der Waals surface area contributed by atoms with Gasteiger partial charge in [-0.25, -0.2) is 4.79 Å². The zero-order chi connectivity index (χ0) is 17.2. The van der Waals surface area contributed by atoms with Crippen LogP contribution in [0.15, 0.2) is 30.3 Å². The number of morpholine rings is 1. The van der Waals surface area contributed by atoms with Crippen LogP contribution >= 0.6 is 11.3 Å². The number of nitrogens with zero attached hydrogens (tertiary/aromatic N) is 3. The Hall–Kier alpha value is -1.99. The Morgan fingerprint density at radius 2 is 2.08 bits per heavy atom. The van der Waals surface area contributed by atoms with E-state index in [1.165, 1.54) is 16.9 Å². The maximum Gasteiger partial charge on any atom is 0.323 e. The van der Waals surface area contributed by atoms with Gasteiger partial charge in [-0.05, 0) is 26.3 Å². The summed E-state index contributed by atoms with van der Waals surface area (Å²) in [5.74, 6) is 0. The van der Waals surface area contributed by atoms with E-state index in [1.54, 1.807) is 4.90 Å². The van der Waals surface area contributed by atoms with Gasteiger partial charge >= 0.3 is 6.03 Å². The Bertz CT molecular complexity index is 702. The van der Waals surface area contributed by atoms with Crippen LogP contribution in [-0.2, 0) is 10.2 Å². The van der Waals surface area contributed by atoms with E-state index >= 15 is 0 Å². The fraction of sp³-hybridized carbons (Fsp3) is 0.471. The fourth-order valence-corrected chi connectivity index (χ4v) is 3.54. The molecule has 2 amide bonds. The van der Waals surface area contributed by atoms with E-state index in [1.807, 2.05) is 25.1 Å². The van der Waals surface area contributed by atoms with Crippen molar-refractivity contribution in [3.05, 3.63) is 40.9 Å². The van der Waals surface area contributed by atoms with E-state index in [4.69, 9.17) is 4.74 Å². The van der Waals surface area contributed by atoms with Gasteiger partial charge in [0.2, 0.25) is 5.13 Å². The number of urea groups is 1. The van der Waals surface area contributed by atoms with Crippen LogP contribution in [0, 0.1) is 0 Å². The van der Waals surface area contributed by atoms with Gasteiger partial charge in [0.1, 0.15) is 5.01 Å². The second-order valence-corrected chi connectivity index (χ2v) is 7.44. The highest BCUT2D eigenvalue weighted by atomic mass is 32.1. The van der Waals surface area contributed by atoms with Crippen molar-refractivity contribution < 1.29 is 9.53 Å². The normalized spacial score (nSPS) is 18.5. The standard InChI is InChI=1S/C17H22N4O2S/c1-12-11-21(9-10-23-12)16(22)18-15-20-19-14(24-15)17(2,3)13-7-5-4-6-8-13/h4-8,12H,9-11H2,1-3H3,(H,18,20,22)/t12-/m1/s1. The molecule has 1 aromatic carbocycles. The average molecular weight is 346 g/mol. The van der Waals surface area contributed by atoms with Crippen LogP contribution in [0.25, 0.3) is 0 Å². The highest BCUT2D eigenvalue weighted by Crippen LogP contribution is 2.34. The van der Waals surface area contributed by atoms with Crippen molar-refractivity contribution in [1.82, 2.24) is 15.1 Å². The monoisotopic (exact) mass is 346 g/mol. The van der Waals surface area contributed by atoms with Crippen LogP contribution in [0.5, 0.6) is 0 Å². The molecule has 0 spiro atoms. The number of aromatic nitrogens is 2. The van der Waals surface area contributed by atoms with Crippen molar-refractivity contribution >= 4 is 22.5 Å². The van der Waals surface area contributed by atoms with E-state index in [9.17, 15) is 4.79 Å². The first-order valence-corrected chi connectivity index (χ1v) is 8.85. The summed E-state index contributed by atoms with van der Waals surface area (Å²) in [4.78, 5) is 14.1. The molecule has 128 valence electrons. The van der Waals surface area contributed by atoms with Crippen LogP contribution < -0.4 is 5.32 Å². The number of amides is 2. The van der Waals surface area contributed by atoms with E-state index in [0.29, 0.717) is 24.8 Å². The molecule has 1 aromatic heterocycles. The molecule has 0 radical (unpaired) electrons. The molecule has 1 aliphatic rings. The quantitative estimate of drug-likeness (QED) is 0.927. The Kier molecular flexibility index (Phi) is 4.82. The van der Waals surface area contributed by atoms with Crippen LogP contribution in [0.4, 0.5) is 9.93 Å². The first kappa shape index (κ1) is 16.9. The van der Waals surface area contributed by atoms with Crippen molar-refractivity contribution in [1.29, 1.82) is 0 Å². The van der Waals surface area contributed by atoms with E-state index < -0.39 is 0 Å². The molecule has 0 unspecified atom stereocenters. The number of carbonyl (C=O) groups is 1. The lowest BCUT2D eigenvalue weighted by Crippen LogP contribution is -2.46. The summed E-state index contributed by atoms with van der Waals surface area (Å²) >= 11 is 1.42. The summed E-state index contributed by atoms with van der Waals surface area (Å²) in [6.07, 6.45) is 0.0616. The number of hydrogen-bond donors (Lipinski definition) is 1. The molecule has 0 bridgehead atoms. The molecular formula is C17H22N4O2S. The van der Waals surface area contributed by atoms with Gasteiger partial charge in [0.05, 0.1) is 12.7 Å². The van der Waals surface area contributed by atoms with Crippen molar-refractivity contribution in [3.63, 3.8) is 0 Å². The third kappa shape index (κ3) is 3.57. The van der Waals surface area contributed by atoms with Crippen LogP contribution in [0.1, 0.15) is 31.3 Å². The molecule has 3 rings (SSSR count). The van der Waals surface area contributed by atoms with E-state index in [2.05, 4.69) is 41.5 Å². The topological polar surface area (TPSA) is 67.4 Å². The zero-order valence-electron chi connectivity index (χ0n) is 14.2. The second-order valence-electron chi connectivity index (χ2n) is 6.46. The maximum absolute atomic E-state index is 12.3. The van der Waals surface area contributed by atoms with E-state index in [-0.39, 0.29) is 17.6 Å². The van der Waals surface area contributed by atoms with Gasteiger partial charge in [-0.1, -0.05) is 41.7 Å². The highest BCUT2D eigenvalue weighted by Gasteiger charge is 2.28. The molecule has 1 saturated heterocycles. The minimum Gasteiger partial charge on any atom is -0.375 e. The second kappa shape index (κ2) is 6.86. The molecule has 1 aliphatic heterocycles. The smallest absolute Gasteiger partial charge is 0.323 e. The van der Waals surface area contributed by atoms with Crippen molar-refractivity contribution in [2.45, 2.75) is 32.3 Å². The lowest BCUT2D eigenvalue weighted by molar-refractivity contribution is -0.00138. The number of rotatable bonds is 3. The number of hydrogen-bond acceptors (Lipinski definition) is 5. The van der Waals surface area contributed by atoms with Crippen LogP contribution in [-0.4, -0.2) is 46.9 Å². The van der Waals surface area contributed by atoms with Gasteiger partial charge in [-0.15, -0.1) is 10.2 Å². The minimum atomic E-state index is -0.255. The lowest BCUT2D eigenvalue weighted by Gasteiger charge is -2.30. The molecule has 6 nitrogen and oxygen atoms in total. The highest BCUT2D eigenvalue weighted by molar-refractivity contribution is 7.15. The van der Waals surface area contributed by atoms with Gasteiger partial charge in [-0.3, -0.25) is 5.32 Å². The average Bonchev–Trinajstić information content (AvgIpc) is 3.05. The summed E-state index contributed by atoms with van der Waals surface area (Å²) in [7, 11) is 0. The summed E-state index contributed by atoms with van der Waals surface area (Å²) in [6.45, 7) is 7.93. The van der Waals surface area contributed by atoms with Crippen molar-refractivity contribution in [2.24, 2.45) is 0 Å². The lowest BCUT2D eigenvalue weighted by atomic mass is 9.85. The number of nitrogens with one attached hydrogen (secondary N) is 1. The third-order valence-corrected chi connectivity index (χ3v) is 5.36. The summed E-state index contributed by atoms with van der Waals surface area (Å²) in [5.41, 5.74) is 0.913. The number of ether oxygens (including phenoxy) is 1. The van der Waals surface area contributed by atoms with Gasteiger partial charge in [0, 0.05) is 18.5 Å². The fourth-order valence-electron chi connectivity index (χ4n) is 2.68. The number of anilines is 1. The first-order chi connectivity index (χ1) is 11.5. The van der Waals surface area contributed by atoms with Gasteiger partial charge < -0.3 is 9.64 Å². The van der Waals surface area contributed by atoms with Crippen LogP contribution in [0.2, 0.25) is 0 Å². The Balaban J connectivity index is 1.70. The Morgan fingerprint density at radius 1 is 1.33 bits per heavy atom. The summed E-state index contributed by atoms with van der Waals surface area (Å²) < 4.78 is 5.46. The SMILES string of the molecule is C[C@@H]1CN(C(=O)Nc2nnc(C(C)(C)c3ccccc3)s2)CCO1. The van der Waals surface area contributed by atoms with Crippen LogP contribution in [0.3, 0.4) is 0 Å². The molecule has 2 aromatic rings. The Morgan fingerprint density at radius 3 is 2.79 bits per heavy atom. The minimum absolute atomic E-state index is 0.0616. The molecule has 1 N–H and O–H groups in total. The molecule has 0 saturated carbocycles. The van der Waals surface area contributed by atoms with Crippen molar-refractivity contribution in [2.75, 3.05) is 25.0 Å². The summed E-state index contributed by atoms with van der Waals surface area (Å²) in [6, 6.07) is 10.0. The largest absolute Gasteiger partial charge is 0.375 e.